The normalized spacial score (nSPS) is 13.1. The monoisotopic (exact) mass is 271 g/mol. The van der Waals surface area contributed by atoms with Gasteiger partial charge in [0.25, 0.3) is 0 Å². The van der Waals surface area contributed by atoms with Gasteiger partial charge in [-0.25, -0.2) is 13.1 Å². The minimum absolute atomic E-state index is 0.0351. The maximum Gasteiger partial charge on any atom is 0.307 e. The van der Waals surface area contributed by atoms with Crippen LogP contribution < -0.4 is 4.72 Å². The molecule has 0 aromatic heterocycles. The molecule has 0 saturated heterocycles. The summed E-state index contributed by atoms with van der Waals surface area (Å²) in [6.07, 6.45) is 1.03. The first kappa shape index (κ1) is 14.7. The molecule has 1 N–H and O–H groups in total. The van der Waals surface area contributed by atoms with Gasteiger partial charge in [0.2, 0.25) is 10.0 Å². The van der Waals surface area contributed by atoms with Crippen molar-refractivity contribution in [3.63, 3.8) is 0 Å². The zero-order valence-electron chi connectivity index (χ0n) is 10.6. The first-order valence-electron chi connectivity index (χ1n) is 5.42. The molecule has 100 valence electrons. The molecule has 0 aliphatic heterocycles. The van der Waals surface area contributed by atoms with Gasteiger partial charge < -0.3 is 4.74 Å². The van der Waals surface area contributed by atoms with Crippen LogP contribution in [0.3, 0.4) is 0 Å². The SMILES string of the molecule is COC(=O)CC(NS(C)(=O)=O)c1ccc(C)cc1. The predicted octanol–water partition coefficient (Wildman–Crippen LogP) is 1.15. The Morgan fingerprint density at radius 2 is 1.89 bits per heavy atom. The third-order valence-electron chi connectivity index (χ3n) is 2.43. The van der Waals surface area contributed by atoms with E-state index < -0.39 is 22.0 Å². The van der Waals surface area contributed by atoms with E-state index in [-0.39, 0.29) is 6.42 Å². The molecule has 0 spiro atoms. The lowest BCUT2D eigenvalue weighted by Crippen LogP contribution is -2.29. The highest BCUT2D eigenvalue weighted by Gasteiger charge is 2.19. The van der Waals surface area contributed by atoms with Gasteiger partial charge in [0, 0.05) is 0 Å². The van der Waals surface area contributed by atoms with Gasteiger partial charge in [-0.1, -0.05) is 29.8 Å². The van der Waals surface area contributed by atoms with Crippen molar-refractivity contribution in [1.82, 2.24) is 4.72 Å². The van der Waals surface area contributed by atoms with E-state index in [1.165, 1.54) is 7.11 Å². The van der Waals surface area contributed by atoms with Gasteiger partial charge in [-0.05, 0) is 12.5 Å². The number of sulfonamides is 1. The lowest BCUT2D eigenvalue weighted by atomic mass is 10.0. The van der Waals surface area contributed by atoms with E-state index in [0.29, 0.717) is 0 Å². The van der Waals surface area contributed by atoms with Gasteiger partial charge in [-0.2, -0.15) is 0 Å². The Balaban J connectivity index is 2.96. The third-order valence-corrected chi connectivity index (χ3v) is 3.15. The summed E-state index contributed by atoms with van der Waals surface area (Å²) >= 11 is 0. The highest BCUT2D eigenvalue weighted by atomic mass is 32.2. The first-order valence-corrected chi connectivity index (χ1v) is 7.31. The molecule has 1 aromatic carbocycles. The van der Waals surface area contributed by atoms with Crippen molar-refractivity contribution < 1.29 is 17.9 Å². The highest BCUT2D eigenvalue weighted by molar-refractivity contribution is 7.88. The van der Waals surface area contributed by atoms with Crippen LogP contribution in [0.2, 0.25) is 0 Å². The van der Waals surface area contributed by atoms with Crippen molar-refractivity contribution in [1.29, 1.82) is 0 Å². The Hall–Kier alpha value is -1.40. The van der Waals surface area contributed by atoms with E-state index in [2.05, 4.69) is 9.46 Å². The number of ether oxygens (including phenoxy) is 1. The second-order valence-corrected chi connectivity index (χ2v) is 5.91. The summed E-state index contributed by atoms with van der Waals surface area (Å²) in [6, 6.07) is 6.71. The van der Waals surface area contributed by atoms with Crippen molar-refractivity contribution in [2.75, 3.05) is 13.4 Å². The quantitative estimate of drug-likeness (QED) is 0.815. The van der Waals surface area contributed by atoms with Gasteiger partial charge in [0.15, 0.2) is 0 Å². The molecule has 0 heterocycles. The molecular weight excluding hydrogens is 254 g/mol. The lowest BCUT2D eigenvalue weighted by molar-refractivity contribution is -0.141. The van der Waals surface area contributed by atoms with E-state index in [1.54, 1.807) is 12.1 Å². The van der Waals surface area contributed by atoms with Crippen molar-refractivity contribution >= 4 is 16.0 Å². The summed E-state index contributed by atoms with van der Waals surface area (Å²) < 4.78 is 29.6. The van der Waals surface area contributed by atoms with Crippen LogP contribution >= 0.6 is 0 Å². The standard InChI is InChI=1S/C12H17NO4S/c1-9-4-6-10(7-5-9)11(8-12(14)17-2)13-18(3,15)16/h4-7,11,13H,8H2,1-3H3. The first-order chi connectivity index (χ1) is 8.31. The number of hydrogen-bond donors (Lipinski definition) is 1. The minimum Gasteiger partial charge on any atom is -0.469 e. The third kappa shape index (κ3) is 4.85. The minimum atomic E-state index is -3.39. The average molecular weight is 271 g/mol. The Labute approximate surface area is 107 Å². The van der Waals surface area contributed by atoms with Crippen LogP contribution in [-0.2, 0) is 19.6 Å². The molecule has 1 aromatic rings. The Morgan fingerprint density at radius 3 is 2.33 bits per heavy atom. The average Bonchev–Trinajstić information content (AvgIpc) is 2.27. The van der Waals surface area contributed by atoms with Gasteiger partial charge >= 0.3 is 5.97 Å². The molecule has 6 heteroatoms. The van der Waals surface area contributed by atoms with E-state index >= 15 is 0 Å². The number of esters is 1. The number of hydrogen-bond acceptors (Lipinski definition) is 4. The summed E-state index contributed by atoms with van der Waals surface area (Å²) in [7, 11) is -2.12. The molecule has 0 radical (unpaired) electrons. The molecule has 1 rings (SSSR count). The van der Waals surface area contributed by atoms with Crippen molar-refractivity contribution in [3.8, 4) is 0 Å². The number of methoxy groups -OCH3 is 1. The number of aryl methyl sites for hydroxylation is 1. The molecular formula is C12H17NO4S. The molecule has 0 aliphatic carbocycles. The zero-order chi connectivity index (χ0) is 13.8. The maximum absolute atomic E-state index is 11.3. The zero-order valence-corrected chi connectivity index (χ0v) is 11.5. The molecule has 1 atom stereocenters. The fraction of sp³-hybridized carbons (Fsp3) is 0.417. The van der Waals surface area contributed by atoms with E-state index in [0.717, 1.165) is 17.4 Å². The topological polar surface area (TPSA) is 72.5 Å². The van der Waals surface area contributed by atoms with Gasteiger partial charge in [-0.15, -0.1) is 0 Å². The number of rotatable bonds is 5. The van der Waals surface area contributed by atoms with Crippen molar-refractivity contribution in [2.24, 2.45) is 0 Å². The fourth-order valence-electron chi connectivity index (χ4n) is 1.53. The summed E-state index contributed by atoms with van der Waals surface area (Å²) in [5, 5.41) is 0. The predicted molar refractivity (Wildman–Crippen MR) is 68.5 cm³/mol. The van der Waals surface area contributed by atoms with Crippen LogP contribution in [-0.4, -0.2) is 27.8 Å². The van der Waals surface area contributed by atoms with Gasteiger partial charge in [-0.3, -0.25) is 4.79 Å². The van der Waals surface area contributed by atoms with Crippen LogP contribution in [0.1, 0.15) is 23.6 Å². The lowest BCUT2D eigenvalue weighted by Gasteiger charge is -2.16. The second kappa shape index (κ2) is 5.97. The number of nitrogens with one attached hydrogen (secondary N) is 1. The summed E-state index contributed by atoms with van der Waals surface area (Å²) in [4.78, 5) is 11.3. The second-order valence-electron chi connectivity index (χ2n) is 4.13. The Bertz CT molecular complexity index is 507. The van der Waals surface area contributed by atoms with Crippen LogP contribution in [0.5, 0.6) is 0 Å². The highest BCUT2D eigenvalue weighted by Crippen LogP contribution is 2.18. The summed E-state index contributed by atoms with van der Waals surface area (Å²) in [5.74, 6) is -0.461. The molecule has 0 aliphatic rings. The molecule has 0 saturated carbocycles. The molecule has 18 heavy (non-hydrogen) atoms. The molecule has 0 bridgehead atoms. The molecule has 0 fully saturated rings. The van der Waals surface area contributed by atoms with Crippen LogP contribution in [0.4, 0.5) is 0 Å². The summed E-state index contributed by atoms with van der Waals surface area (Å²) in [6.45, 7) is 1.93. The smallest absolute Gasteiger partial charge is 0.307 e. The Kier molecular flexibility index (Phi) is 4.86. The van der Waals surface area contributed by atoms with Gasteiger partial charge in [0.05, 0.1) is 25.8 Å². The number of carbonyl (C=O) groups is 1. The van der Waals surface area contributed by atoms with Crippen molar-refractivity contribution in [2.45, 2.75) is 19.4 Å². The van der Waals surface area contributed by atoms with Crippen LogP contribution in [0.25, 0.3) is 0 Å². The number of carbonyl (C=O) groups excluding carboxylic acids is 1. The van der Waals surface area contributed by atoms with Crippen LogP contribution in [0.15, 0.2) is 24.3 Å². The Morgan fingerprint density at radius 1 is 1.33 bits per heavy atom. The number of benzene rings is 1. The van der Waals surface area contributed by atoms with E-state index in [4.69, 9.17) is 0 Å². The molecule has 5 nitrogen and oxygen atoms in total. The largest absolute Gasteiger partial charge is 0.469 e. The van der Waals surface area contributed by atoms with Crippen LogP contribution in [0, 0.1) is 6.92 Å². The maximum atomic E-state index is 11.3. The fourth-order valence-corrected chi connectivity index (χ4v) is 2.27. The van der Waals surface area contributed by atoms with Gasteiger partial charge in [0.1, 0.15) is 0 Å². The molecule has 0 amide bonds. The van der Waals surface area contributed by atoms with E-state index in [9.17, 15) is 13.2 Å². The molecule has 1 unspecified atom stereocenters. The van der Waals surface area contributed by atoms with E-state index in [1.807, 2.05) is 19.1 Å². The van der Waals surface area contributed by atoms with Crippen molar-refractivity contribution in [3.05, 3.63) is 35.4 Å². The summed E-state index contributed by atoms with van der Waals surface area (Å²) in [5.41, 5.74) is 1.80.